The van der Waals surface area contributed by atoms with E-state index in [-0.39, 0.29) is 17.6 Å². The first-order chi connectivity index (χ1) is 7.95. The number of ether oxygens (including phenoxy) is 1. The molecular formula is C12H19NO3S. The highest BCUT2D eigenvalue weighted by atomic mass is 32.2. The first kappa shape index (κ1) is 13.8. The summed E-state index contributed by atoms with van der Waals surface area (Å²) in [7, 11) is -3.05. The molecule has 0 saturated heterocycles. The Hall–Kier alpha value is -1.23. The molecule has 0 heterocycles. The van der Waals surface area contributed by atoms with Crippen molar-refractivity contribution < 1.29 is 13.2 Å². The lowest BCUT2D eigenvalue weighted by molar-refractivity contribution is 0.340. The maximum absolute atomic E-state index is 11.7. The molecule has 0 aliphatic rings. The van der Waals surface area contributed by atoms with Crippen molar-refractivity contribution in [3.63, 3.8) is 0 Å². The molecule has 1 aromatic rings. The minimum absolute atomic E-state index is 0.0385. The normalized spacial score (nSPS) is 13.3. The average molecular weight is 257 g/mol. The molecule has 5 heteroatoms. The number of hydrogen-bond acceptors (Lipinski definition) is 4. The third-order valence-corrected chi connectivity index (χ3v) is 4.98. The van der Waals surface area contributed by atoms with Gasteiger partial charge in [0.25, 0.3) is 0 Å². The molecule has 17 heavy (non-hydrogen) atoms. The van der Waals surface area contributed by atoms with Gasteiger partial charge in [-0.1, -0.05) is 13.0 Å². The van der Waals surface area contributed by atoms with Crippen molar-refractivity contribution in [3.8, 4) is 5.75 Å². The molecule has 0 aliphatic carbocycles. The summed E-state index contributed by atoms with van der Waals surface area (Å²) >= 11 is 0. The summed E-state index contributed by atoms with van der Waals surface area (Å²) in [5, 5.41) is -0.313. The lowest BCUT2D eigenvalue weighted by atomic mass is 10.3. The fourth-order valence-electron chi connectivity index (χ4n) is 1.34. The molecule has 0 radical (unpaired) electrons. The van der Waals surface area contributed by atoms with E-state index in [4.69, 9.17) is 10.5 Å². The van der Waals surface area contributed by atoms with Gasteiger partial charge in [0.15, 0.2) is 9.84 Å². The fraction of sp³-hybridized carbons (Fsp3) is 0.500. The second kappa shape index (κ2) is 5.91. The molecule has 0 amide bonds. The van der Waals surface area contributed by atoms with Gasteiger partial charge in [-0.2, -0.15) is 0 Å². The van der Waals surface area contributed by atoms with Gasteiger partial charge < -0.3 is 10.5 Å². The summed E-state index contributed by atoms with van der Waals surface area (Å²) < 4.78 is 28.8. The number of rotatable bonds is 6. The van der Waals surface area contributed by atoms with E-state index in [9.17, 15) is 8.42 Å². The number of anilines is 1. The lowest BCUT2D eigenvalue weighted by Crippen LogP contribution is -2.23. The van der Waals surface area contributed by atoms with E-state index in [1.807, 2.05) is 6.92 Å². The van der Waals surface area contributed by atoms with Crippen molar-refractivity contribution in [3.05, 3.63) is 24.3 Å². The summed E-state index contributed by atoms with van der Waals surface area (Å²) in [5.41, 5.74) is 6.19. The average Bonchev–Trinajstić information content (AvgIpc) is 2.27. The zero-order valence-electron chi connectivity index (χ0n) is 10.2. The summed E-state index contributed by atoms with van der Waals surface area (Å²) in [6.07, 6.45) is 0.626. The molecule has 4 nitrogen and oxygen atoms in total. The molecule has 96 valence electrons. The van der Waals surface area contributed by atoms with Crippen LogP contribution in [0.25, 0.3) is 0 Å². The van der Waals surface area contributed by atoms with Crippen LogP contribution in [0, 0.1) is 0 Å². The monoisotopic (exact) mass is 257 g/mol. The van der Waals surface area contributed by atoms with E-state index < -0.39 is 9.84 Å². The van der Waals surface area contributed by atoms with Crippen molar-refractivity contribution in [2.24, 2.45) is 0 Å². The smallest absolute Gasteiger partial charge is 0.156 e. The predicted molar refractivity (Wildman–Crippen MR) is 69.9 cm³/mol. The van der Waals surface area contributed by atoms with Gasteiger partial charge >= 0.3 is 0 Å². The maximum atomic E-state index is 11.7. The zero-order chi connectivity index (χ0) is 12.9. The van der Waals surface area contributed by atoms with Gasteiger partial charge in [0, 0.05) is 11.8 Å². The molecule has 2 N–H and O–H groups in total. The van der Waals surface area contributed by atoms with Crippen LogP contribution in [0.1, 0.15) is 20.3 Å². The van der Waals surface area contributed by atoms with Gasteiger partial charge in [-0.05, 0) is 25.5 Å². The first-order valence-electron chi connectivity index (χ1n) is 5.65. The maximum Gasteiger partial charge on any atom is 0.156 e. The van der Waals surface area contributed by atoms with E-state index in [2.05, 4.69) is 0 Å². The van der Waals surface area contributed by atoms with Crippen molar-refractivity contribution >= 4 is 15.5 Å². The third kappa shape index (κ3) is 4.26. The Morgan fingerprint density at radius 1 is 1.41 bits per heavy atom. The van der Waals surface area contributed by atoms with E-state index in [1.165, 1.54) is 0 Å². The van der Waals surface area contributed by atoms with Crippen LogP contribution in [-0.4, -0.2) is 26.0 Å². The Morgan fingerprint density at radius 3 is 2.71 bits per heavy atom. The molecule has 0 aliphatic heterocycles. The standard InChI is InChI=1S/C12H19NO3S/c1-3-10(2)17(14,15)8-7-16-12-6-4-5-11(13)9-12/h4-6,9-10H,3,7-8,13H2,1-2H3. The lowest BCUT2D eigenvalue weighted by Gasteiger charge is -2.11. The van der Waals surface area contributed by atoms with E-state index in [0.717, 1.165) is 0 Å². The number of nitrogens with two attached hydrogens (primary N) is 1. The molecule has 0 bridgehead atoms. The summed E-state index contributed by atoms with van der Waals surface area (Å²) in [6.45, 7) is 3.74. The van der Waals surface area contributed by atoms with Crippen LogP contribution in [-0.2, 0) is 9.84 Å². The number of sulfone groups is 1. The largest absolute Gasteiger partial charge is 0.492 e. The summed E-state index contributed by atoms with van der Waals surface area (Å²) in [5.74, 6) is 0.640. The van der Waals surface area contributed by atoms with Crippen molar-refractivity contribution in [2.75, 3.05) is 18.1 Å². The van der Waals surface area contributed by atoms with E-state index >= 15 is 0 Å². The van der Waals surface area contributed by atoms with Gasteiger partial charge in [0.05, 0.1) is 11.0 Å². The van der Waals surface area contributed by atoms with Crippen LogP contribution in [0.3, 0.4) is 0 Å². The Labute approximate surface area is 103 Å². The van der Waals surface area contributed by atoms with Gasteiger partial charge in [-0.15, -0.1) is 0 Å². The highest BCUT2D eigenvalue weighted by Crippen LogP contribution is 2.14. The number of nitrogen functional groups attached to an aromatic ring is 1. The Morgan fingerprint density at radius 2 is 2.12 bits per heavy atom. The van der Waals surface area contributed by atoms with Crippen LogP contribution in [0.2, 0.25) is 0 Å². The highest BCUT2D eigenvalue weighted by molar-refractivity contribution is 7.92. The van der Waals surface area contributed by atoms with Gasteiger partial charge in [-0.25, -0.2) is 8.42 Å². The molecule has 0 spiro atoms. The van der Waals surface area contributed by atoms with Crippen LogP contribution in [0.5, 0.6) is 5.75 Å². The predicted octanol–water partition coefficient (Wildman–Crippen LogP) is 1.86. The first-order valence-corrected chi connectivity index (χ1v) is 7.37. The van der Waals surface area contributed by atoms with Crippen molar-refractivity contribution in [1.82, 2.24) is 0 Å². The second-order valence-corrected chi connectivity index (χ2v) is 6.55. The molecule has 1 atom stereocenters. The van der Waals surface area contributed by atoms with E-state index in [1.54, 1.807) is 31.2 Å². The summed E-state index contributed by atoms with van der Waals surface area (Å²) in [4.78, 5) is 0. The van der Waals surface area contributed by atoms with Gasteiger partial charge in [0.2, 0.25) is 0 Å². The van der Waals surface area contributed by atoms with Gasteiger partial charge in [0.1, 0.15) is 12.4 Å². The highest BCUT2D eigenvalue weighted by Gasteiger charge is 2.18. The number of benzene rings is 1. The molecule has 0 saturated carbocycles. The third-order valence-electron chi connectivity index (χ3n) is 2.68. The van der Waals surface area contributed by atoms with Crippen LogP contribution >= 0.6 is 0 Å². The van der Waals surface area contributed by atoms with Crippen LogP contribution in [0.4, 0.5) is 5.69 Å². The SMILES string of the molecule is CCC(C)S(=O)(=O)CCOc1cccc(N)c1. The molecule has 0 aromatic heterocycles. The molecule has 1 aromatic carbocycles. The quantitative estimate of drug-likeness (QED) is 0.790. The fourth-order valence-corrected chi connectivity index (χ4v) is 2.56. The molecule has 0 fully saturated rings. The minimum Gasteiger partial charge on any atom is -0.492 e. The summed E-state index contributed by atoms with van der Waals surface area (Å²) in [6, 6.07) is 6.96. The van der Waals surface area contributed by atoms with Crippen LogP contribution in [0.15, 0.2) is 24.3 Å². The molecule has 1 rings (SSSR count). The zero-order valence-corrected chi connectivity index (χ0v) is 11.0. The van der Waals surface area contributed by atoms with Crippen LogP contribution < -0.4 is 10.5 Å². The minimum atomic E-state index is -3.05. The second-order valence-electron chi connectivity index (χ2n) is 4.01. The Balaban J connectivity index is 2.48. The topological polar surface area (TPSA) is 69.4 Å². The molecular weight excluding hydrogens is 238 g/mol. The number of hydrogen-bond donors (Lipinski definition) is 1. The Kier molecular flexibility index (Phi) is 4.81. The van der Waals surface area contributed by atoms with E-state index in [0.29, 0.717) is 17.9 Å². The van der Waals surface area contributed by atoms with Crippen molar-refractivity contribution in [2.45, 2.75) is 25.5 Å². The molecule has 1 unspecified atom stereocenters. The Bertz CT molecular complexity index is 457. The van der Waals surface area contributed by atoms with Crippen molar-refractivity contribution in [1.29, 1.82) is 0 Å². The van der Waals surface area contributed by atoms with Gasteiger partial charge in [-0.3, -0.25) is 0 Å².